The molecule has 2 heteroatoms. The molecule has 0 N–H and O–H groups in total. The summed E-state index contributed by atoms with van der Waals surface area (Å²) in [6, 6.07) is 52.1. The lowest BCUT2D eigenvalue weighted by Gasteiger charge is -2.26. The van der Waals surface area contributed by atoms with Crippen LogP contribution in [0, 0.1) is 5.92 Å². The van der Waals surface area contributed by atoms with Gasteiger partial charge in [0.15, 0.2) is 0 Å². The molecule has 0 saturated carbocycles. The molecular weight excluding hydrogens is 629 g/mol. The first-order valence-corrected chi connectivity index (χ1v) is 18.8. The molecule has 2 aliphatic carbocycles. The molecule has 2 aliphatic rings. The average Bonchev–Trinajstić information content (AvgIpc) is 3.73. The van der Waals surface area contributed by atoms with Crippen molar-refractivity contribution in [2.75, 3.05) is 0 Å². The first-order chi connectivity index (χ1) is 25.8. The molecule has 248 valence electrons. The van der Waals surface area contributed by atoms with E-state index in [1.807, 2.05) is 0 Å². The lowest BCUT2D eigenvalue weighted by atomic mass is 9.82. The second-order valence-corrected chi connectivity index (χ2v) is 14.7. The molecule has 11 rings (SSSR count). The first-order valence-electron chi connectivity index (χ1n) is 18.8. The summed E-state index contributed by atoms with van der Waals surface area (Å²) in [7, 11) is 0. The molecular formula is C50H38N2. The third-order valence-electron chi connectivity index (χ3n) is 11.9. The maximum absolute atomic E-state index is 2.55. The quantitative estimate of drug-likeness (QED) is 0.165. The van der Waals surface area contributed by atoms with Gasteiger partial charge in [0, 0.05) is 32.9 Å². The summed E-state index contributed by atoms with van der Waals surface area (Å²) in [6.07, 6.45) is 15.3. The molecule has 0 aliphatic heterocycles. The Morgan fingerprint density at radius 1 is 0.481 bits per heavy atom. The van der Waals surface area contributed by atoms with Gasteiger partial charge in [-0.25, -0.2) is 0 Å². The Labute approximate surface area is 303 Å². The predicted molar refractivity (Wildman–Crippen MR) is 222 cm³/mol. The highest BCUT2D eigenvalue weighted by atomic mass is 15.0. The van der Waals surface area contributed by atoms with Gasteiger partial charge in [0.25, 0.3) is 0 Å². The summed E-state index contributed by atoms with van der Waals surface area (Å²) < 4.78 is 4.99. The largest absolute Gasteiger partial charge is 0.313 e. The summed E-state index contributed by atoms with van der Waals surface area (Å²) in [4.78, 5) is 0. The molecule has 9 aromatic rings. The van der Waals surface area contributed by atoms with Gasteiger partial charge in [0.2, 0.25) is 0 Å². The van der Waals surface area contributed by atoms with Gasteiger partial charge >= 0.3 is 0 Å². The molecule has 0 fully saturated rings. The SMILES string of the molecule is C1=CCCC(C2CC=C(n3c4ccccc4c4cc(-c5ccc6c(c5)c5ccccc5n6-c5ccc6ccc7ccccc7c6c5)ccc43)CC2)=C1. The van der Waals surface area contributed by atoms with Gasteiger partial charge in [-0.1, -0.05) is 121 Å². The van der Waals surface area contributed by atoms with Crippen LogP contribution in [-0.4, -0.2) is 9.13 Å². The topological polar surface area (TPSA) is 9.86 Å². The molecule has 0 saturated heterocycles. The van der Waals surface area contributed by atoms with Gasteiger partial charge in [-0.2, -0.15) is 0 Å². The molecule has 7 aromatic carbocycles. The number of para-hydroxylation sites is 2. The number of benzene rings is 7. The van der Waals surface area contributed by atoms with Crippen molar-refractivity contribution in [3.63, 3.8) is 0 Å². The van der Waals surface area contributed by atoms with Gasteiger partial charge in [-0.3, -0.25) is 0 Å². The van der Waals surface area contributed by atoms with Gasteiger partial charge in [-0.05, 0) is 119 Å². The van der Waals surface area contributed by atoms with E-state index >= 15 is 0 Å². The Kier molecular flexibility index (Phi) is 6.67. The summed E-state index contributed by atoms with van der Waals surface area (Å²) >= 11 is 0. The van der Waals surface area contributed by atoms with Crippen LogP contribution in [0.3, 0.4) is 0 Å². The van der Waals surface area contributed by atoms with Gasteiger partial charge in [-0.15, -0.1) is 0 Å². The minimum absolute atomic E-state index is 0.676. The third kappa shape index (κ3) is 4.57. The Bertz CT molecular complexity index is 3000. The highest BCUT2D eigenvalue weighted by Crippen LogP contribution is 2.41. The minimum atomic E-state index is 0.676. The molecule has 1 unspecified atom stereocenters. The maximum atomic E-state index is 2.55. The van der Waals surface area contributed by atoms with Crippen LogP contribution in [-0.2, 0) is 0 Å². The number of nitrogens with zero attached hydrogens (tertiary/aromatic N) is 2. The molecule has 0 bridgehead atoms. The summed E-state index contributed by atoms with van der Waals surface area (Å²) in [5.41, 5.74) is 11.8. The van der Waals surface area contributed by atoms with Crippen molar-refractivity contribution >= 4 is 70.9 Å². The number of fused-ring (bicyclic) bond motifs is 9. The van der Waals surface area contributed by atoms with Crippen LogP contribution >= 0.6 is 0 Å². The van der Waals surface area contributed by atoms with Crippen molar-refractivity contribution in [2.24, 2.45) is 5.92 Å². The van der Waals surface area contributed by atoms with Gasteiger partial charge in [0.1, 0.15) is 0 Å². The van der Waals surface area contributed by atoms with E-state index in [1.54, 1.807) is 5.57 Å². The van der Waals surface area contributed by atoms with Crippen LogP contribution in [0.5, 0.6) is 0 Å². The minimum Gasteiger partial charge on any atom is -0.313 e. The number of hydrogen-bond acceptors (Lipinski definition) is 0. The Balaban J connectivity index is 1.03. The molecule has 0 radical (unpaired) electrons. The number of aromatic nitrogens is 2. The van der Waals surface area contributed by atoms with Crippen molar-refractivity contribution in [2.45, 2.75) is 32.1 Å². The summed E-state index contributed by atoms with van der Waals surface area (Å²) in [5, 5.41) is 10.3. The lowest BCUT2D eigenvalue weighted by molar-refractivity contribution is 0.533. The number of hydrogen-bond donors (Lipinski definition) is 0. The molecule has 1 atom stereocenters. The molecule has 0 amide bonds. The average molecular weight is 667 g/mol. The standard InChI is InChI=1S/C50H38N2/c1-2-10-33(11-3-1)34-20-25-39(26-21-34)51-47-16-8-6-14-42(47)45-30-37(23-28-49(45)51)38-24-29-50-46(31-38)43-15-7-9-17-48(43)52(50)40-27-22-36-19-18-35-12-4-5-13-41(35)44(36)32-40/h1-2,4-10,12-19,22-25,27-32,34H,3,11,20-21,26H2. The van der Waals surface area contributed by atoms with Crippen LogP contribution < -0.4 is 0 Å². The second-order valence-electron chi connectivity index (χ2n) is 14.7. The molecule has 52 heavy (non-hydrogen) atoms. The van der Waals surface area contributed by atoms with Crippen LogP contribution in [0.1, 0.15) is 32.1 Å². The van der Waals surface area contributed by atoms with Crippen LogP contribution in [0.25, 0.3) is 87.7 Å². The highest BCUT2D eigenvalue weighted by Gasteiger charge is 2.22. The van der Waals surface area contributed by atoms with Crippen LogP contribution in [0.2, 0.25) is 0 Å². The Morgan fingerprint density at radius 3 is 1.79 bits per heavy atom. The van der Waals surface area contributed by atoms with E-state index in [9.17, 15) is 0 Å². The normalized spacial score (nSPS) is 16.4. The number of rotatable bonds is 4. The third-order valence-corrected chi connectivity index (χ3v) is 11.9. The number of allylic oxidation sites excluding steroid dienone is 6. The van der Waals surface area contributed by atoms with E-state index in [-0.39, 0.29) is 0 Å². The van der Waals surface area contributed by atoms with E-state index in [1.165, 1.54) is 107 Å². The zero-order valence-electron chi connectivity index (χ0n) is 29.1. The van der Waals surface area contributed by atoms with Gasteiger partial charge < -0.3 is 9.13 Å². The van der Waals surface area contributed by atoms with Crippen LogP contribution in [0.15, 0.2) is 169 Å². The second kappa shape index (κ2) is 11.7. The molecule has 2 heterocycles. The summed E-state index contributed by atoms with van der Waals surface area (Å²) in [5.74, 6) is 0.676. The smallest absolute Gasteiger partial charge is 0.0541 e. The fraction of sp³-hybridized carbons (Fsp3) is 0.120. The van der Waals surface area contributed by atoms with Crippen molar-refractivity contribution in [3.8, 4) is 16.8 Å². The fourth-order valence-electron chi connectivity index (χ4n) is 9.34. The Morgan fingerprint density at radius 2 is 1.10 bits per heavy atom. The van der Waals surface area contributed by atoms with E-state index in [4.69, 9.17) is 0 Å². The lowest BCUT2D eigenvalue weighted by Crippen LogP contribution is -2.12. The summed E-state index contributed by atoms with van der Waals surface area (Å²) in [6.45, 7) is 0. The molecule has 2 aromatic heterocycles. The van der Waals surface area contributed by atoms with Gasteiger partial charge in [0.05, 0.1) is 22.1 Å². The maximum Gasteiger partial charge on any atom is 0.0541 e. The van der Waals surface area contributed by atoms with Crippen molar-refractivity contribution in [1.82, 2.24) is 9.13 Å². The Hall–Kier alpha value is -6.12. The van der Waals surface area contributed by atoms with E-state index < -0.39 is 0 Å². The van der Waals surface area contributed by atoms with E-state index in [2.05, 4.69) is 173 Å². The zero-order chi connectivity index (χ0) is 34.2. The monoisotopic (exact) mass is 666 g/mol. The zero-order valence-corrected chi connectivity index (χ0v) is 29.1. The van der Waals surface area contributed by atoms with Crippen molar-refractivity contribution < 1.29 is 0 Å². The molecule has 0 spiro atoms. The van der Waals surface area contributed by atoms with Crippen molar-refractivity contribution in [3.05, 3.63) is 169 Å². The van der Waals surface area contributed by atoms with E-state index in [0.29, 0.717) is 5.92 Å². The first kappa shape index (κ1) is 29.6. The van der Waals surface area contributed by atoms with Crippen LogP contribution in [0.4, 0.5) is 0 Å². The molecule has 2 nitrogen and oxygen atoms in total. The fourth-order valence-corrected chi connectivity index (χ4v) is 9.34. The van der Waals surface area contributed by atoms with E-state index in [0.717, 1.165) is 12.8 Å². The van der Waals surface area contributed by atoms with Crippen molar-refractivity contribution in [1.29, 1.82) is 0 Å². The predicted octanol–water partition coefficient (Wildman–Crippen LogP) is 13.8. The highest BCUT2D eigenvalue weighted by molar-refractivity contribution is 6.14.